The number of nitrogens with zero attached hydrogens (tertiary/aromatic N) is 1. The van der Waals surface area contributed by atoms with Gasteiger partial charge in [-0.15, -0.1) is 0 Å². The zero-order valence-electron chi connectivity index (χ0n) is 10.8. The monoisotopic (exact) mass is 251 g/mol. The molecule has 0 bridgehead atoms. The second-order valence-electron chi connectivity index (χ2n) is 5.16. The van der Waals surface area contributed by atoms with Crippen LogP contribution in [0, 0.1) is 16.0 Å². The van der Waals surface area contributed by atoms with Crippen LogP contribution in [0.1, 0.15) is 33.6 Å². The molecule has 0 aliphatic carbocycles. The molecule has 0 N–H and O–H groups in total. The smallest absolute Gasteiger partial charge is 0.273 e. The molecule has 5 heteroatoms. The Kier molecular flexibility index (Phi) is 3.15. The molecule has 0 radical (unpaired) electrons. The number of hydrogen-bond donors (Lipinski definition) is 0. The summed E-state index contributed by atoms with van der Waals surface area (Å²) in [6.45, 7) is 6.13. The van der Waals surface area contributed by atoms with E-state index in [2.05, 4.69) is 13.8 Å². The third-order valence-corrected chi connectivity index (χ3v) is 2.97. The Morgan fingerprint density at radius 3 is 2.61 bits per heavy atom. The molecule has 1 heterocycles. The highest BCUT2D eigenvalue weighted by Gasteiger charge is 2.37. The highest BCUT2D eigenvalue weighted by atomic mass is 16.7. The van der Waals surface area contributed by atoms with E-state index in [0.29, 0.717) is 17.4 Å². The maximum Gasteiger partial charge on any atom is 0.273 e. The van der Waals surface area contributed by atoms with E-state index < -0.39 is 10.7 Å². The summed E-state index contributed by atoms with van der Waals surface area (Å²) in [5.41, 5.74) is 0.0189. The lowest BCUT2D eigenvalue weighted by molar-refractivity contribution is -0.384. The Hall–Kier alpha value is -1.78. The molecule has 1 aliphatic rings. The number of benzene rings is 1. The van der Waals surface area contributed by atoms with Crippen LogP contribution in [0.5, 0.6) is 11.5 Å². The Balaban J connectivity index is 2.14. The van der Waals surface area contributed by atoms with Crippen molar-refractivity contribution < 1.29 is 14.4 Å². The summed E-state index contributed by atoms with van der Waals surface area (Å²) in [4.78, 5) is 10.2. The lowest BCUT2D eigenvalue weighted by atomic mass is 10.0. The van der Waals surface area contributed by atoms with Crippen LogP contribution in [0.4, 0.5) is 5.69 Å². The van der Waals surface area contributed by atoms with E-state index in [4.69, 9.17) is 9.47 Å². The molecule has 5 nitrogen and oxygen atoms in total. The van der Waals surface area contributed by atoms with Gasteiger partial charge in [0.1, 0.15) is 0 Å². The molecular formula is C13H17NO4. The number of non-ortho nitro benzene ring substituents is 1. The van der Waals surface area contributed by atoms with Gasteiger partial charge >= 0.3 is 0 Å². The largest absolute Gasteiger partial charge is 0.449 e. The lowest BCUT2D eigenvalue weighted by Gasteiger charge is -2.23. The molecule has 1 aromatic rings. The van der Waals surface area contributed by atoms with Crippen LogP contribution in [-0.4, -0.2) is 10.7 Å². The molecule has 1 aliphatic heterocycles. The van der Waals surface area contributed by atoms with E-state index in [-0.39, 0.29) is 5.69 Å². The van der Waals surface area contributed by atoms with Crippen LogP contribution < -0.4 is 9.47 Å². The van der Waals surface area contributed by atoms with E-state index in [1.165, 1.54) is 12.1 Å². The Morgan fingerprint density at radius 1 is 1.33 bits per heavy atom. The van der Waals surface area contributed by atoms with E-state index in [9.17, 15) is 10.1 Å². The fraction of sp³-hybridized carbons (Fsp3) is 0.538. The zero-order chi connectivity index (χ0) is 13.3. The fourth-order valence-electron chi connectivity index (χ4n) is 1.91. The Bertz CT molecular complexity index is 472. The first kappa shape index (κ1) is 12.7. The molecule has 2 rings (SSSR count). The zero-order valence-corrected chi connectivity index (χ0v) is 10.8. The van der Waals surface area contributed by atoms with Gasteiger partial charge in [-0.2, -0.15) is 0 Å². The van der Waals surface area contributed by atoms with E-state index in [1.54, 1.807) is 6.07 Å². The van der Waals surface area contributed by atoms with Gasteiger partial charge < -0.3 is 9.47 Å². The molecule has 0 amide bonds. The Labute approximate surface area is 106 Å². The fourth-order valence-corrected chi connectivity index (χ4v) is 1.91. The van der Waals surface area contributed by atoms with Crippen molar-refractivity contribution in [2.75, 3.05) is 0 Å². The first-order valence-corrected chi connectivity index (χ1v) is 6.06. The van der Waals surface area contributed by atoms with Crippen molar-refractivity contribution in [1.82, 2.24) is 0 Å². The summed E-state index contributed by atoms with van der Waals surface area (Å²) < 4.78 is 11.4. The summed E-state index contributed by atoms with van der Waals surface area (Å²) in [6, 6.07) is 4.43. The van der Waals surface area contributed by atoms with Crippen LogP contribution in [0.15, 0.2) is 18.2 Å². The van der Waals surface area contributed by atoms with Crippen molar-refractivity contribution in [3.8, 4) is 11.5 Å². The molecule has 0 spiro atoms. The first-order chi connectivity index (χ1) is 8.39. The molecule has 1 unspecified atom stereocenters. The third-order valence-electron chi connectivity index (χ3n) is 2.97. The topological polar surface area (TPSA) is 61.6 Å². The van der Waals surface area contributed by atoms with Gasteiger partial charge in [0.05, 0.1) is 11.0 Å². The highest BCUT2D eigenvalue weighted by molar-refractivity contribution is 5.50. The van der Waals surface area contributed by atoms with Crippen LogP contribution in [-0.2, 0) is 0 Å². The summed E-state index contributed by atoms with van der Waals surface area (Å²) in [5.74, 6) is 0.886. The lowest BCUT2D eigenvalue weighted by Crippen LogP contribution is -2.34. The highest BCUT2D eigenvalue weighted by Crippen LogP contribution is 2.43. The summed E-state index contributed by atoms with van der Waals surface area (Å²) in [7, 11) is 0. The van der Waals surface area contributed by atoms with E-state index in [0.717, 1.165) is 12.8 Å². The standard InChI is InChI=1S/C13H17NO4/c1-9(2)6-7-13(3)17-11-5-4-10(14(15)16)8-12(11)18-13/h4-5,8-9H,6-7H2,1-3H3. The number of ether oxygens (including phenoxy) is 2. The van der Waals surface area contributed by atoms with Crippen molar-refractivity contribution in [1.29, 1.82) is 0 Å². The van der Waals surface area contributed by atoms with Crippen molar-refractivity contribution in [3.63, 3.8) is 0 Å². The molecule has 0 aromatic heterocycles. The minimum atomic E-state index is -0.707. The first-order valence-electron chi connectivity index (χ1n) is 6.06. The number of fused-ring (bicyclic) bond motifs is 1. The van der Waals surface area contributed by atoms with E-state index in [1.807, 2.05) is 6.92 Å². The van der Waals surface area contributed by atoms with Crippen molar-refractivity contribution in [2.24, 2.45) is 5.92 Å². The van der Waals surface area contributed by atoms with Gasteiger partial charge in [-0.25, -0.2) is 0 Å². The average Bonchev–Trinajstić information content (AvgIpc) is 2.62. The van der Waals surface area contributed by atoms with Crippen LogP contribution in [0.3, 0.4) is 0 Å². The molecule has 0 saturated heterocycles. The second-order valence-corrected chi connectivity index (χ2v) is 5.16. The predicted molar refractivity (Wildman–Crippen MR) is 66.8 cm³/mol. The van der Waals surface area contributed by atoms with Crippen LogP contribution in [0.2, 0.25) is 0 Å². The number of hydrogen-bond acceptors (Lipinski definition) is 4. The quantitative estimate of drug-likeness (QED) is 0.606. The van der Waals surface area contributed by atoms with Gasteiger partial charge in [-0.3, -0.25) is 10.1 Å². The van der Waals surface area contributed by atoms with E-state index >= 15 is 0 Å². The van der Waals surface area contributed by atoms with Crippen LogP contribution in [0.25, 0.3) is 0 Å². The normalized spacial score (nSPS) is 21.3. The number of nitro benzene ring substituents is 1. The predicted octanol–water partition coefficient (Wildman–Crippen LogP) is 3.52. The third kappa shape index (κ3) is 2.55. The summed E-state index contributed by atoms with van der Waals surface area (Å²) >= 11 is 0. The van der Waals surface area contributed by atoms with Gasteiger partial charge in [0, 0.05) is 19.4 Å². The second kappa shape index (κ2) is 4.48. The molecular weight excluding hydrogens is 234 g/mol. The minimum Gasteiger partial charge on any atom is -0.449 e. The molecule has 1 aromatic carbocycles. The van der Waals surface area contributed by atoms with Gasteiger partial charge in [0.25, 0.3) is 5.69 Å². The van der Waals surface area contributed by atoms with Crippen molar-refractivity contribution >= 4 is 5.69 Å². The number of nitro groups is 1. The van der Waals surface area contributed by atoms with Crippen molar-refractivity contribution in [3.05, 3.63) is 28.3 Å². The number of rotatable bonds is 4. The molecule has 0 saturated carbocycles. The van der Waals surface area contributed by atoms with Crippen molar-refractivity contribution in [2.45, 2.75) is 39.4 Å². The average molecular weight is 251 g/mol. The molecule has 1 atom stereocenters. The Morgan fingerprint density at radius 2 is 2.00 bits per heavy atom. The van der Waals surface area contributed by atoms with Gasteiger partial charge in [-0.1, -0.05) is 13.8 Å². The van der Waals surface area contributed by atoms with Gasteiger partial charge in [0.2, 0.25) is 5.79 Å². The maximum absolute atomic E-state index is 10.7. The van der Waals surface area contributed by atoms with Gasteiger partial charge in [0.15, 0.2) is 11.5 Å². The molecule has 0 fully saturated rings. The summed E-state index contributed by atoms with van der Waals surface area (Å²) in [6.07, 6.45) is 1.74. The minimum absolute atomic E-state index is 0.0189. The molecule has 98 valence electrons. The maximum atomic E-state index is 10.7. The van der Waals surface area contributed by atoms with Crippen LogP contribution >= 0.6 is 0 Å². The molecule has 18 heavy (non-hydrogen) atoms. The SMILES string of the molecule is CC(C)CCC1(C)Oc2ccc([N+](=O)[O-])cc2O1. The van der Waals surface area contributed by atoms with Gasteiger partial charge in [-0.05, 0) is 18.4 Å². The summed E-state index contributed by atoms with van der Waals surface area (Å²) in [5, 5.41) is 10.7.